The normalized spacial score (nSPS) is 11.6. The SMILES string of the molecule is Cc1ccc(NC(=O)CCCN(C)S(=O)(=O)c2ccc(F)cc2)c(F)c1. The lowest BCUT2D eigenvalue weighted by Gasteiger charge is -2.17. The summed E-state index contributed by atoms with van der Waals surface area (Å²) in [6.45, 7) is 1.84. The zero-order valence-corrected chi connectivity index (χ0v) is 15.3. The van der Waals surface area contributed by atoms with Crippen LogP contribution in [0, 0.1) is 18.6 Å². The van der Waals surface area contributed by atoms with E-state index in [2.05, 4.69) is 5.32 Å². The van der Waals surface area contributed by atoms with Gasteiger partial charge >= 0.3 is 0 Å². The number of anilines is 1. The molecule has 0 spiro atoms. The van der Waals surface area contributed by atoms with Gasteiger partial charge in [-0.25, -0.2) is 21.5 Å². The van der Waals surface area contributed by atoms with Crippen LogP contribution in [0.3, 0.4) is 0 Å². The van der Waals surface area contributed by atoms with E-state index in [9.17, 15) is 22.0 Å². The summed E-state index contributed by atoms with van der Waals surface area (Å²) in [7, 11) is -2.36. The maximum absolute atomic E-state index is 13.7. The van der Waals surface area contributed by atoms with Gasteiger partial charge < -0.3 is 5.32 Å². The molecule has 0 bridgehead atoms. The minimum Gasteiger partial charge on any atom is -0.324 e. The van der Waals surface area contributed by atoms with Crippen molar-refractivity contribution in [2.75, 3.05) is 18.9 Å². The second kappa shape index (κ2) is 8.37. The highest BCUT2D eigenvalue weighted by Crippen LogP contribution is 2.17. The molecule has 0 aromatic heterocycles. The summed E-state index contributed by atoms with van der Waals surface area (Å²) in [6.07, 6.45) is 0.298. The van der Waals surface area contributed by atoms with Crippen molar-refractivity contribution < 1.29 is 22.0 Å². The van der Waals surface area contributed by atoms with E-state index < -0.39 is 27.6 Å². The number of amides is 1. The van der Waals surface area contributed by atoms with Crippen LogP contribution in [0.15, 0.2) is 47.4 Å². The van der Waals surface area contributed by atoms with Crippen LogP contribution in [0.25, 0.3) is 0 Å². The van der Waals surface area contributed by atoms with E-state index in [1.807, 2.05) is 0 Å². The largest absolute Gasteiger partial charge is 0.324 e. The van der Waals surface area contributed by atoms with Gasteiger partial charge in [0.2, 0.25) is 15.9 Å². The molecule has 0 saturated carbocycles. The van der Waals surface area contributed by atoms with E-state index in [1.54, 1.807) is 13.0 Å². The van der Waals surface area contributed by atoms with Crippen molar-refractivity contribution in [1.82, 2.24) is 4.31 Å². The first kappa shape index (κ1) is 20.0. The third kappa shape index (κ3) is 5.09. The van der Waals surface area contributed by atoms with Crippen LogP contribution < -0.4 is 5.32 Å². The predicted octanol–water partition coefficient (Wildman–Crippen LogP) is 3.31. The van der Waals surface area contributed by atoms with Crippen molar-refractivity contribution in [2.24, 2.45) is 0 Å². The summed E-state index contributed by atoms with van der Waals surface area (Å²) in [6, 6.07) is 9.00. The Morgan fingerprint density at radius 3 is 2.38 bits per heavy atom. The Bertz CT molecular complexity index is 884. The van der Waals surface area contributed by atoms with Crippen LogP contribution in [0.1, 0.15) is 18.4 Å². The van der Waals surface area contributed by atoms with Crippen molar-refractivity contribution >= 4 is 21.6 Å². The first-order valence-corrected chi connectivity index (χ1v) is 9.42. The molecule has 0 aliphatic heterocycles. The maximum Gasteiger partial charge on any atom is 0.242 e. The first-order valence-electron chi connectivity index (χ1n) is 7.98. The smallest absolute Gasteiger partial charge is 0.242 e. The quantitative estimate of drug-likeness (QED) is 0.799. The van der Waals surface area contributed by atoms with Crippen LogP contribution in [-0.4, -0.2) is 32.2 Å². The average Bonchev–Trinajstić information content (AvgIpc) is 2.57. The summed E-state index contributed by atoms with van der Waals surface area (Å²) in [4.78, 5) is 11.9. The lowest BCUT2D eigenvalue weighted by molar-refractivity contribution is -0.116. The molecule has 26 heavy (non-hydrogen) atoms. The van der Waals surface area contributed by atoms with E-state index in [-0.39, 0.29) is 30.0 Å². The highest BCUT2D eigenvalue weighted by Gasteiger charge is 2.20. The molecule has 0 unspecified atom stereocenters. The van der Waals surface area contributed by atoms with E-state index in [0.717, 1.165) is 22.0 Å². The lowest BCUT2D eigenvalue weighted by atomic mass is 10.2. The van der Waals surface area contributed by atoms with Gasteiger partial charge in [-0.3, -0.25) is 4.79 Å². The molecule has 8 heteroatoms. The molecule has 140 valence electrons. The van der Waals surface area contributed by atoms with Crippen molar-refractivity contribution in [1.29, 1.82) is 0 Å². The van der Waals surface area contributed by atoms with Gasteiger partial charge in [0.05, 0.1) is 10.6 Å². The molecule has 0 radical (unpaired) electrons. The molecule has 1 amide bonds. The summed E-state index contributed by atoms with van der Waals surface area (Å²) in [5, 5.41) is 2.46. The number of nitrogens with one attached hydrogen (secondary N) is 1. The number of hydrogen-bond acceptors (Lipinski definition) is 3. The number of aryl methyl sites for hydroxylation is 1. The Morgan fingerprint density at radius 2 is 1.77 bits per heavy atom. The Morgan fingerprint density at radius 1 is 1.12 bits per heavy atom. The fourth-order valence-corrected chi connectivity index (χ4v) is 3.51. The third-order valence-corrected chi connectivity index (χ3v) is 5.67. The number of halogens is 2. The average molecular weight is 382 g/mol. The Kier molecular flexibility index (Phi) is 6.44. The zero-order valence-electron chi connectivity index (χ0n) is 14.5. The van der Waals surface area contributed by atoms with Crippen LogP contribution in [0.2, 0.25) is 0 Å². The second-order valence-corrected chi connectivity index (χ2v) is 7.96. The van der Waals surface area contributed by atoms with Gasteiger partial charge in [-0.2, -0.15) is 0 Å². The topological polar surface area (TPSA) is 66.5 Å². The van der Waals surface area contributed by atoms with Gasteiger partial charge in [0.25, 0.3) is 0 Å². The number of benzene rings is 2. The molecule has 0 aliphatic rings. The van der Waals surface area contributed by atoms with Gasteiger partial charge in [0.1, 0.15) is 11.6 Å². The molecule has 2 aromatic rings. The van der Waals surface area contributed by atoms with Crippen LogP contribution in [0.5, 0.6) is 0 Å². The fraction of sp³-hybridized carbons (Fsp3) is 0.278. The summed E-state index contributed by atoms with van der Waals surface area (Å²) in [5.41, 5.74) is 0.834. The highest BCUT2D eigenvalue weighted by molar-refractivity contribution is 7.89. The van der Waals surface area contributed by atoms with Crippen LogP contribution in [-0.2, 0) is 14.8 Å². The number of rotatable bonds is 7. The van der Waals surface area contributed by atoms with Gasteiger partial charge in [0.15, 0.2) is 0 Å². The summed E-state index contributed by atoms with van der Waals surface area (Å²) < 4.78 is 52.4. The van der Waals surface area contributed by atoms with E-state index in [1.165, 1.54) is 31.3 Å². The van der Waals surface area contributed by atoms with E-state index in [4.69, 9.17) is 0 Å². The Balaban J connectivity index is 1.88. The standard InChI is InChI=1S/C18H20F2N2O3S/c1-13-5-10-17(16(20)12-13)21-18(23)4-3-11-22(2)26(24,25)15-8-6-14(19)7-9-15/h5-10,12H,3-4,11H2,1-2H3,(H,21,23). The number of sulfonamides is 1. The van der Waals surface area contributed by atoms with Crippen molar-refractivity contribution in [2.45, 2.75) is 24.7 Å². The molecule has 5 nitrogen and oxygen atoms in total. The molecule has 0 fully saturated rings. The first-order chi connectivity index (χ1) is 12.2. The number of carbonyl (C=O) groups excluding carboxylic acids is 1. The summed E-state index contributed by atoms with van der Waals surface area (Å²) >= 11 is 0. The van der Waals surface area contributed by atoms with Crippen LogP contribution >= 0.6 is 0 Å². The monoisotopic (exact) mass is 382 g/mol. The summed E-state index contributed by atoms with van der Waals surface area (Å²) in [5.74, 6) is -1.44. The molecule has 0 atom stereocenters. The minimum absolute atomic E-state index is 0.0208. The maximum atomic E-state index is 13.7. The number of carbonyl (C=O) groups is 1. The van der Waals surface area contributed by atoms with Crippen molar-refractivity contribution in [3.8, 4) is 0 Å². The molecular weight excluding hydrogens is 362 g/mol. The Hall–Kier alpha value is -2.32. The lowest BCUT2D eigenvalue weighted by Crippen LogP contribution is -2.28. The van der Waals surface area contributed by atoms with Gasteiger partial charge in [0, 0.05) is 20.0 Å². The van der Waals surface area contributed by atoms with E-state index >= 15 is 0 Å². The predicted molar refractivity (Wildman–Crippen MR) is 95.2 cm³/mol. The fourth-order valence-electron chi connectivity index (χ4n) is 2.30. The zero-order chi connectivity index (χ0) is 19.3. The van der Waals surface area contributed by atoms with Gasteiger partial charge in [-0.15, -0.1) is 0 Å². The molecule has 0 heterocycles. The minimum atomic E-state index is -3.75. The second-order valence-electron chi connectivity index (χ2n) is 5.92. The van der Waals surface area contributed by atoms with Gasteiger partial charge in [-0.1, -0.05) is 6.07 Å². The molecule has 2 aromatic carbocycles. The molecule has 0 saturated heterocycles. The number of hydrogen-bond donors (Lipinski definition) is 1. The highest BCUT2D eigenvalue weighted by atomic mass is 32.2. The van der Waals surface area contributed by atoms with E-state index in [0.29, 0.717) is 0 Å². The molecule has 0 aliphatic carbocycles. The van der Waals surface area contributed by atoms with Crippen molar-refractivity contribution in [3.05, 3.63) is 59.7 Å². The molecule has 2 rings (SSSR count). The Labute approximate surface area is 151 Å². The van der Waals surface area contributed by atoms with Crippen LogP contribution in [0.4, 0.5) is 14.5 Å². The van der Waals surface area contributed by atoms with Gasteiger partial charge in [-0.05, 0) is 55.3 Å². The third-order valence-electron chi connectivity index (χ3n) is 3.80. The molecule has 1 N–H and O–H groups in total. The van der Waals surface area contributed by atoms with Crippen molar-refractivity contribution in [3.63, 3.8) is 0 Å². The molecular formula is C18H20F2N2O3S. The number of nitrogens with zero attached hydrogens (tertiary/aromatic N) is 1.